The van der Waals surface area contributed by atoms with Gasteiger partial charge in [0.2, 0.25) is 0 Å². The van der Waals surface area contributed by atoms with Crippen molar-refractivity contribution < 1.29 is 18.7 Å². The van der Waals surface area contributed by atoms with Crippen molar-refractivity contribution in [3.05, 3.63) is 35.6 Å². The monoisotopic (exact) mass is 324 g/mol. The fourth-order valence-corrected chi connectivity index (χ4v) is 2.10. The fraction of sp³-hybridized carbons (Fsp3) is 0.529. The maximum absolute atomic E-state index is 13.0. The van der Waals surface area contributed by atoms with Crippen LogP contribution in [0.1, 0.15) is 45.7 Å². The van der Waals surface area contributed by atoms with Crippen molar-refractivity contribution in [2.45, 2.75) is 46.3 Å². The number of carbonyl (C=O) groups is 2. The summed E-state index contributed by atoms with van der Waals surface area (Å²) in [5, 5.41) is 5.47. The average molecular weight is 324 g/mol. The molecule has 1 atom stereocenters. The van der Waals surface area contributed by atoms with Gasteiger partial charge in [0.25, 0.3) is 0 Å². The molecule has 2 amide bonds. The highest BCUT2D eigenvalue weighted by Gasteiger charge is 2.18. The second kappa shape index (κ2) is 9.12. The van der Waals surface area contributed by atoms with Crippen molar-refractivity contribution in [3.8, 4) is 0 Å². The van der Waals surface area contributed by atoms with E-state index in [1.165, 1.54) is 12.1 Å². The number of nitrogens with one attached hydrogen (secondary N) is 2. The Hall–Kier alpha value is -2.11. The number of amides is 2. The van der Waals surface area contributed by atoms with Gasteiger partial charge in [0.05, 0.1) is 18.6 Å². The third-order valence-electron chi connectivity index (χ3n) is 3.16. The fourth-order valence-electron chi connectivity index (χ4n) is 2.10. The molecule has 0 saturated carbocycles. The second-order valence-electron chi connectivity index (χ2n) is 5.96. The highest BCUT2D eigenvalue weighted by atomic mass is 19.1. The van der Waals surface area contributed by atoms with E-state index in [0.717, 1.165) is 5.56 Å². The number of hydrogen-bond acceptors (Lipinski definition) is 3. The van der Waals surface area contributed by atoms with Gasteiger partial charge in [-0.05, 0) is 37.5 Å². The summed E-state index contributed by atoms with van der Waals surface area (Å²) in [5.41, 5.74) is 0.829. The summed E-state index contributed by atoms with van der Waals surface area (Å²) < 4.78 is 18.0. The van der Waals surface area contributed by atoms with Crippen molar-refractivity contribution in [1.82, 2.24) is 10.6 Å². The lowest BCUT2D eigenvalue weighted by molar-refractivity contribution is -0.147. The van der Waals surface area contributed by atoms with Crippen molar-refractivity contribution in [3.63, 3.8) is 0 Å². The molecule has 1 aromatic rings. The van der Waals surface area contributed by atoms with Crippen LogP contribution in [0.25, 0.3) is 0 Å². The largest absolute Gasteiger partial charge is 0.463 e. The quantitative estimate of drug-likeness (QED) is 0.757. The molecule has 0 aliphatic carbocycles. The Labute approximate surface area is 136 Å². The molecule has 0 aliphatic rings. The molecule has 0 spiro atoms. The number of urea groups is 1. The molecule has 1 aromatic carbocycles. The number of carbonyl (C=O) groups excluding carboxylic acids is 2. The molecule has 0 saturated heterocycles. The minimum atomic E-state index is -0.370. The van der Waals surface area contributed by atoms with Crippen molar-refractivity contribution >= 4 is 12.0 Å². The smallest absolute Gasteiger partial charge is 0.315 e. The third-order valence-corrected chi connectivity index (χ3v) is 3.16. The van der Waals surface area contributed by atoms with Gasteiger partial charge >= 0.3 is 12.0 Å². The lowest BCUT2D eigenvalue weighted by atomic mass is 9.96. The molecule has 0 radical (unpaired) electrons. The first-order valence-electron chi connectivity index (χ1n) is 7.79. The molecule has 6 heteroatoms. The Morgan fingerprint density at radius 1 is 1.13 bits per heavy atom. The van der Waals surface area contributed by atoms with E-state index in [2.05, 4.69) is 10.6 Å². The van der Waals surface area contributed by atoms with Gasteiger partial charge in [0.1, 0.15) is 5.82 Å². The van der Waals surface area contributed by atoms with Gasteiger partial charge < -0.3 is 15.4 Å². The van der Waals surface area contributed by atoms with Gasteiger partial charge in [-0.1, -0.05) is 26.0 Å². The Bertz CT molecular complexity index is 515. The summed E-state index contributed by atoms with van der Waals surface area (Å²) >= 11 is 0. The summed E-state index contributed by atoms with van der Waals surface area (Å²) in [5.74, 6) is -0.527. The molecule has 128 valence electrons. The molecule has 0 heterocycles. The summed E-state index contributed by atoms with van der Waals surface area (Å²) in [6, 6.07) is 5.43. The van der Waals surface area contributed by atoms with Gasteiger partial charge in [-0.3, -0.25) is 4.79 Å². The van der Waals surface area contributed by atoms with Gasteiger partial charge in [0, 0.05) is 6.54 Å². The lowest BCUT2D eigenvalue weighted by Crippen LogP contribution is -2.40. The molecule has 23 heavy (non-hydrogen) atoms. The van der Waals surface area contributed by atoms with Crippen molar-refractivity contribution in [2.75, 3.05) is 6.54 Å². The second-order valence-corrected chi connectivity index (χ2v) is 5.96. The minimum absolute atomic E-state index is 0.120. The molecule has 0 aromatic heterocycles. The number of ether oxygens (including phenoxy) is 1. The van der Waals surface area contributed by atoms with E-state index in [-0.39, 0.29) is 48.8 Å². The molecule has 5 nitrogen and oxygen atoms in total. The van der Waals surface area contributed by atoms with E-state index >= 15 is 0 Å². The van der Waals surface area contributed by atoms with E-state index in [0.29, 0.717) is 0 Å². The molecule has 0 fully saturated rings. The Balaban J connectivity index is 2.49. The molecule has 0 bridgehead atoms. The van der Waals surface area contributed by atoms with E-state index in [1.54, 1.807) is 26.0 Å². The zero-order valence-electron chi connectivity index (χ0n) is 14.1. The van der Waals surface area contributed by atoms with Crippen LogP contribution in [-0.4, -0.2) is 24.6 Å². The highest BCUT2D eigenvalue weighted by molar-refractivity contribution is 5.76. The number of halogens is 1. The average Bonchev–Trinajstić information content (AvgIpc) is 2.44. The van der Waals surface area contributed by atoms with E-state index in [4.69, 9.17) is 4.74 Å². The van der Waals surface area contributed by atoms with Crippen LogP contribution in [0.2, 0.25) is 0 Å². The van der Waals surface area contributed by atoms with Crippen LogP contribution in [0, 0.1) is 11.7 Å². The summed E-state index contributed by atoms with van der Waals surface area (Å²) in [6.07, 6.45) is -0.0470. The van der Waals surface area contributed by atoms with E-state index in [1.807, 2.05) is 13.8 Å². The van der Waals surface area contributed by atoms with Crippen LogP contribution in [0.15, 0.2) is 24.3 Å². The van der Waals surface area contributed by atoms with Crippen LogP contribution in [0.4, 0.5) is 9.18 Å². The van der Waals surface area contributed by atoms with Crippen LogP contribution in [-0.2, 0) is 9.53 Å². The molecular weight excluding hydrogens is 299 g/mol. The predicted octanol–water partition coefficient (Wildman–Crippen LogP) is 3.16. The van der Waals surface area contributed by atoms with Gasteiger partial charge in [0.15, 0.2) is 0 Å². The Morgan fingerprint density at radius 2 is 1.74 bits per heavy atom. The number of benzene rings is 1. The van der Waals surface area contributed by atoms with Crippen LogP contribution < -0.4 is 10.6 Å². The van der Waals surface area contributed by atoms with Gasteiger partial charge in [-0.15, -0.1) is 0 Å². The first kappa shape index (κ1) is 18.9. The maximum Gasteiger partial charge on any atom is 0.315 e. The predicted molar refractivity (Wildman–Crippen MR) is 86.4 cm³/mol. The zero-order chi connectivity index (χ0) is 17.4. The first-order valence-corrected chi connectivity index (χ1v) is 7.79. The minimum Gasteiger partial charge on any atom is -0.463 e. The highest BCUT2D eigenvalue weighted by Crippen LogP contribution is 2.21. The normalized spacial score (nSPS) is 12.1. The summed E-state index contributed by atoms with van der Waals surface area (Å²) in [7, 11) is 0. The number of esters is 1. The van der Waals surface area contributed by atoms with Crippen molar-refractivity contribution in [1.29, 1.82) is 0 Å². The topological polar surface area (TPSA) is 67.4 Å². The summed E-state index contributed by atoms with van der Waals surface area (Å²) in [4.78, 5) is 23.3. The third kappa shape index (κ3) is 7.13. The van der Waals surface area contributed by atoms with Gasteiger partial charge in [-0.2, -0.15) is 0 Å². The molecule has 2 N–H and O–H groups in total. The first-order chi connectivity index (χ1) is 10.8. The SMILES string of the molecule is CC(C)OC(=O)CCNC(=O)NC(c1ccc(F)cc1)C(C)C. The van der Waals surface area contributed by atoms with E-state index in [9.17, 15) is 14.0 Å². The van der Waals surface area contributed by atoms with Gasteiger partial charge in [-0.25, -0.2) is 9.18 Å². The Kier molecular flexibility index (Phi) is 7.51. The van der Waals surface area contributed by atoms with Crippen LogP contribution >= 0.6 is 0 Å². The van der Waals surface area contributed by atoms with Crippen LogP contribution in [0.5, 0.6) is 0 Å². The standard InChI is InChI=1S/C17H25FN2O3/c1-11(2)16(13-5-7-14(18)8-6-13)20-17(22)19-10-9-15(21)23-12(3)4/h5-8,11-12,16H,9-10H2,1-4H3,(H2,19,20,22). The summed E-state index contributed by atoms with van der Waals surface area (Å²) in [6.45, 7) is 7.68. The number of rotatable bonds is 7. The zero-order valence-corrected chi connectivity index (χ0v) is 14.1. The van der Waals surface area contributed by atoms with Crippen LogP contribution in [0.3, 0.4) is 0 Å². The van der Waals surface area contributed by atoms with Crippen molar-refractivity contribution in [2.24, 2.45) is 5.92 Å². The maximum atomic E-state index is 13.0. The lowest BCUT2D eigenvalue weighted by Gasteiger charge is -2.23. The Morgan fingerprint density at radius 3 is 2.26 bits per heavy atom. The molecule has 1 rings (SSSR count). The molecule has 1 unspecified atom stereocenters. The molecule has 0 aliphatic heterocycles. The molecular formula is C17H25FN2O3. The number of hydrogen-bond donors (Lipinski definition) is 2. The van der Waals surface area contributed by atoms with E-state index < -0.39 is 0 Å².